The van der Waals surface area contributed by atoms with Crippen LogP contribution in [-0.2, 0) is 6.54 Å². The number of pyridine rings is 1. The molecule has 1 aromatic carbocycles. The third-order valence-electron chi connectivity index (χ3n) is 4.56. The van der Waals surface area contributed by atoms with Crippen molar-refractivity contribution in [3.63, 3.8) is 0 Å². The molecule has 6 nitrogen and oxygen atoms in total. The molecule has 6 heteroatoms. The summed E-state index contributed by atoms with van der Waals surface area (Å²) in [4.78, 5) is 13.8. The summed E-state index contributed by atoms with van der Waals surface area (Å²) in [6.07, 6.45) is 6.04. The van der Waals surface area contributed by atoms with E-state index in [4.69, 9.17) is 4.74 Å². The molecule has 2 aromatic rings. The lowest BCUT2D eigenvalue weighted by atomic mass is 10.1. The number of benzene rings is 1. The SMILES string of the molecule is O=c1ccn(O)c(NCCCOc2cccc(CN3CCCCC3)c2)c1. The minimum absolute atomic E-state index is 0.139. The Morgan fingerprint density at radius 3 is 2.81 bits per heavy atom. The molecule has 0 aliphatic carbocycles. The van der Waals surface area contributed by atoms with E-state index in [1.807, 2.05) is 12.1 Å². The molecule has 0 radical (unpaired) electrons. The summed E-state index contributed by atoms with van der Waals surface area (Å²) in [6, 6.07) is 11.0. The molecular weight excluding hydrogens is 330 g/mol. The number of hydrogen-bond acceptors (Lipinski definition) is 5. The Hall–Kier alpha value is -2.47. The molecule has 0 saturated carbocycles. The van der Waals surface area contributed by atoms with Crippen molar-refractivity contribution in [3.05, 3.63) is 58.4 Å². The molecule has 0 unspecified atom stereocenters. The molecule has 1 saturated heterocycles. The van der Waals surface area contributed by atoms with Gasteiger partial charge < -0.3 is 15.3 Å². The van der Waals surface area contributed by atoms with E-state index in [-0.39, 0.29) is 5.43 Å². The summed E-state index contributed by atoms with van der Waals surface area (Å²) in [5.41, 5.74) is 1.15. The predicted molar refractivity (Wildman–Crippen MR) is 102 cm³/mol. The van der Waals surface area contributed by atoms with Crippen LogP contribution in [0.5, 0.6) is 5.75 Å². The van der Waals surface area contributed by atoms with Crippen LogP contribution in [0.15, 0.2) is 47.4 Å². The maximum atomic E-state index is 11.3. The summed E-state index contributed by atoms with van der Waals surface area (Å²) in [7, 11) is 0. The molecule has 2 N–H and O–H groups in total. The molecule has 1 aromatic heterocycles. The molecule has 3 rings (SSSR count). The number of rotatable bonds is 8. The molecule has 0 atom stereocenters. The molecule has 0 amide bonds. The van der Waals surface area contributed by atoms with Gasteiger partial charge >= 0.3 is 0 Å². The Balaban J connectivity index is 1.41. The monoisotopic (exact) mass is 357 g/mol. The second-order valence-corrected chi connectivity index (χ2v) is 6.71. The highest BCUT2D eigenvalue weighted by Crippen LogP contribution is 2.17. The van der Waals surface area contributed by atoms with Crippen LogP contribution in [0.2, 0.25) is 0 Å². The van der Waals surface area contributed by atoms with E-state index in [0.717, 1.165) is 23.4 Å². The topological polar surface area (TPSA) is 66.7 Å². The Morgan fingerprint density at radius 2 is 1.96 bits per heavy atom. The molecule has 0 spiro atoms. The van der Waals surface area contributed by atoms with Crippen molar-refractivity contribution in [2.75, 3.05) is 31.6 Å². The van der Waals surface area contributed by atoms with Crippen molar-refractivity contribution in [3.8, 4) is 5.75 Å². The first-order valence-corrected chi connectivity index (χ1v) is 9.31. The highest BCUT2D eigenvalue weighted by molar-refractivity contribution is 5.34. The van der Waals surface area contributed by atoms with Gasteiger partial charge in [0.05, 0.1) is 6.61 Å². The Labute approximate surface area is 154 Å². The quantitative estimate of drug-likeness (QED) is 0.562. The number of piperidine rings is 1. The van der Waals surface area contributed by atoms with E-state index >= 15 is 0 Å². The first-order valence-electron chi connectivity index (χ1n) is 9.31. The van der Waals surface area contributed by atoms with Crippen molar-refractivity contribution >= 4 is 5.82 Å². The number of nitrogens with zero attached hydrogens (tertiary/aromatic N) is 2. The second kappa shape index (κ2) is 9.29. The molecule has 0 bridgehead atoms. The van der Waals surface area contributed by atoms with Crippen molar-refractivity contribution in [1.82, 2.24) is 9.63 Å². The number of anilines is 1. The minimum Gasteiger partial charge on any atom is -0.494 e. The van der Waals surface area contributed by atoms with Gasteiger partial charge in [0.2, 0.25) is 0 Å². The van der Waals surface area contributed by atoms with E-state index < -0.39 is 0 Å². The van der Waals surface area contributed by atoms with Crippen LogP contribution in [0, 0.1) is 0 Å². The number of hydrogen-bond donors (Lipinski definition) is 2. The summed E-state index contributed by atoms with van der Waals surface area (Å²) in [5.74, 6) is 1.28. The summed E-state index contributed by atoms with van der Waals surface area (Å²) < 4.78 is 6.75. The molecule has 26 heavy (non-hydrogen) atoms. The highest BCUT2D eigenvalue weighted by atomic mass is 16.5. The maximum Gasteiger partial charge on any atom is 0.183 e. The van der Waals surface area contributed by atoms with Crippen LogP contribution in [0.1, 0.15) is 31.2 Å². The lowest BCUT2D eigenvalue weighted by Crippen LogP contribution is -2.29. The fourth-order valence-electron chi connectivity index (χ4n) is 3.19. The molecule has 1 aliphatic rings. The zero-order valence-corrected chi connectivity index (χ0v) is 15.1. The average molecular weight is 357 g/mol. The van der Waals surface area contributed by atoms with Gasteiger partial charge in [-0.15, -0.1) is 0 Å². The highest BCUT2D eigenvalue weighted by Gasteiger charge is 2.10. The Bertz CT molecular complexity index is 754. The number of nitrogens with one attached hydrogen (secondary N) is 1. The molecule has 2 heterocycles. The number of ether oxygens (including phenoxy) is 1. The fraction of sp³-hybridized carbons (Fsp3) is 0.450. The van der Waals surface area contributed by atoms with Crippen molar-refractivity contribution < 1.29 is 9.94 Å². The van der Waals surface area contributed by atoms with Gasteiger partial charge in [0, 0.05) is 31.4 Å². The fourth-order valence-corrected chi connectivity index (χ4v) is 3.19. The largest absolute Gasteiger partial charge is 0.494 e. The minimum atomic E-state index is -0.139. The molecule has 1 fully saturated rings. The lowest BCUT2D eigenvalue weighted by molar-refractivity contribution is 0.189. The van der Waals surface area contributed by atoms with Crippen molar-refractivity contribution in [2.24, 2.45) is 0 Å². The van der Waals surface area contributed by atoms with Crippen LogP contribution in [-0.4, -0.2) is 41.1 Å². The third-order valence-corrected chi connectivity index (χ3v) is 4.56. The van der Waals surface area contributed by atoms with Gasteiger partial charge in [0.15, 0.2) is 5.43 Å². The third kappa shape index (κ3) is 5.52. The normalized spacial score (nSPS) is 14.9. The average Bonchev–Trinajstić information content (AvgIpc) is 2.65. The van der Waals surface area contributed by atoms with Crippen molar-refractivity contribution in [2.45, 2.75) is 32.2 Å². The summed E-state index contributed by atoms with van der Waals surface area (Å²) >= 11 is 0. The molecule has 140 valence electrons. The first kappa shape index (κ1) is 18.3. The molecule has 1 aliphatic heterocycles. The first-order chi connectivity index (χ1) is 12.7. The second-order valence-electron chi connectivity index (χ2n) is 6.71. The van der Waals surface area contributed by atoms with Crippen LogP contribution in [0.4, 0.5) is 5.82 Å². The number of likely N-dealkylation sites (tertiary alicyclic amines) is 1. The number of aromatic nitrogens is 1. The van der Waals surface area contributed by atoms with Gasteiger partial charge in [0.1, 0.15) is 11.6 Å². The Morgan fingerprint density at radius 1 is 1.12 bits per heavy atom. The zero-order valence-electron chi connectivity index (χ0n) is 15.1. The lowest BCUT2D eigenvalue weighted by Gasteiger charge is -2.26. The molecular formula is C20H27N3O3. The van der Waals surface area contributed by atoms with Gasteiger partial charge in [-0.25, -0.2) is 0 Å². The van der Waals surface area contributed by atoms with Gasteiger partial charge in [-0.2, -0.15) is 4.73 Å². The summed E-state index contributed by atoms with van der Waals surface area (Å²) in [6.45, 7) is 4.54. The van der Waals surface area contributed by atoms with E-state index in [0.29, 0.717) is 19.0 Å². The van der Waals surface area contributed by atoms with Gasteiger partial charge in [-0.05, 0) is 50.0 Å². The van der Waals surface area contributed by atoms with Crippen LogP contribution in [0.25, 0.3) is 0 Å². The van der Waals surface area contributed by atoms with E-state index in [1.54, 1.807) is 0 Å². The summed E-state index contributed by atoms with van der Waals surface area (Å²) in [5, 5.41) is 12.6. The zero-order chi connectivity index (χ0) is 18.2. The predicted octanol–water partition coefficient (Wildman–Crippen LogP) is 2.95. The maximum absolute atomic E-state index is 11.3. The van der Waals surface area contributed by atoms with Crippen LogP contribution >= 0.6 is 0 Å². The Kier molecular flexibility index (Phi) is 6.55. The van der Waals surface area contributed by atoms with Crippen LogP contribution < -0.4 is 15.5 Å². The smallest absolute Gasteiger partial charge is 0.183 e. The van der Waals surface area contributed by atoms with Crippen molar-refractivity contribution in [1.29, 1.82) is 0 Å². The van der Waals surface area contributed by atoms with Crippen LogP contribution in [0.3, 0.4) is 0 Å². The van der Waals surface area contributed by atoms with E-state index in [9.17, 15) is 10.0 Å². The van der Waals surface area contributed by atoms with E-state index in [1.165, 1.54) is 56.2 Å². The van der Waals surface area contributed by atoms with Gasteiger partial charge in [-0.1, -0.05) is 18.6 Å². The van der Waals surface area contributed by atoms with Gasteiger partial charge in [-0.3, -0.25) is 9.69 Å². The van der Waals surface area contributed by atoms with Gasteiger partial charge in [0.25, 0.3) is 0 Å². The standard InChI is InChI=1S/C20H27N3O3/c24-18-8-12-23(25)20(15-18)21-9-5-13-26-19-7-4-6-17(14-19)16-22-10-2-1-3-11-22/h4,6-8,12,14-15,21,25H,1-3,5,9-11,13,16H2. The van der Waals surface area contributed by atoms with E-state index in [2.05, 4.69) is 22.3 Å².